The Morgan fingerprint density at radius 1 is 1.30 bits per heavy atom. The molecule has 0 amide bonds. The Morgan fingerprint density at radius 3 is 2.70 bits per heavy atom. The molecule has 0 bridgehead atoms. The Kier molecular flexibility index (Phi) is 5.35. The van der Waals surface area contributed by atoms with Gasteiger partial charge in [-0.25, -0.2) is 9.98 Å². The summed E-state index contributed by atoms with van der Waals surface area (Å²) in [7, 11) is 1.79. The molecule has 6 nitrogen and oxygen atoms in total. The second kappa shape index (κ2) is 7.55. The molecule has 2 aromatic heterocycles. The molecule has 0 N–H and O–H groups in total. The number of aliphatic imine (C=N–C) groups is 2. The fraction of sp³-hybridized carbons (Fsp3) is 0.476. The molecule has 0 saturated heterocycles. The zero-order valence-corrected chi connectivity index (χ0v) is 16.7. The standard InChI is InChI=1S/C21H27N5O/c1-6-14-11-17(25-21(2,3)4)19-15(7-10-26(5)20(19)27)12-16(14)24-18-13-22-8-9-23-18/h7-10,13-14H,6,11-12H2,1-5H3. The number of aryl methyl sites for hydroxylation is 1. The molecule has 3 rings (SSSR count). The highest BCUT2D eigenvalue weighted by atomic mass is 16.1. The maximum Gasteiger partial charge on any atom is 0.259 e. The summed E-state index contributed by atoms with van der Waals surface area (Å²) < 4.78 is 1.63. The van der Waals surface area contributed by atoms with Crippen molar-refractivity contribution in [1.82, 2.24) is 14.5 Å². The molecule has 0 aromatic carbocycles. The van der Waals surface area contributed by atoms with Crippen LogP contribution in [0.2, 0.25) is 0 Å². The van der Waals surface area contributed by atoms with E-state index in [1.165, 1.54) is 0 Å². The summed E-state index contributed by atoms with van der Waals surface area (Å²) in [4.78, 5) is 31.1. The number of hydrogen-bond donors (Lipinski definition) is 0. The smallest absolute Gasteiger partial charge is 0.259 e. The van der Waals surface area contributed by atoms with Crippen LogP contribution in [-0.4, -0.2) is 31.5 Å². The van der Waals surface area contributed by atoms with Crippen molar-refractivity contribution in [2.24, 2.45) is 23.0 Å². The maximum atomic E-state index is 12.9. The highest BCUT2D eigenvalue weighted by molar-refractivity contribution is 6.08. The van der Waals surface area contributed by atoms with Crippen LogP contribution in [0, 0.1) is 5.92 Å². The van der Waals surface area contributed by atoms with E-state index in [1.807, 2.05) is 12.3 Å². The Balaban J connectivity index is 2.19. The third-order valence-corrected chi connectivity index (χ3v) is 4.70. The lowest BCUT2D eigenvalue weighted by Crippen LogP contribution is -2.28. The van der Waals surface area contributed by atoms with Crippen molar-refractivity contribution in [2.75, 3.05) is 0 Å². The summed E-state index contributed by atoms with van der Waals surface area (Å²) in [6, 6.07) is 2.01. The van der Waals surface area contributed by atoms with E-state index in [-0.39, 0.29) is 17.0 Å². The molecular weight excluding hydrogens is 338 g/mol. The average Bonchev–Trinajstić information content (AvgIpc) is 2.75. The van der Waals surface area contributed by atoms with E-state index in [2.05, 4.69) is 37.7 Å². The van der Waals surface area contributed by atoms with Crippen LogP contribution in [0.3, 0.4) is 0 Å². The first-order valence-corrected chi connectivity index (χ1v) is 9.39. The first kappa shape index (κ1) is 19.1. The number of pyridine rings is 1. The summed E-state index contributed by atoms with van der Waals surface area (Å²) in [6.45, 7) is 8.34. The highest BCUT2D eigenvalue weighted by Gasteiger charge is 2.28. The first-order chi connectivity index (χ1) is 12.8. The Hall–Kier alpha value is -2.63. The lowest BCUT2D eigenvalue weighted by atomic mass is 9.93. The molecule has 6 heteroatoms. The second-order valence-corrected chi connectivity index (χ2v) is 8.01. The average molecular weight is 365 g/mol. The summed E-state index contributed by atoms with van der Waals surface area (Å²) in [5.41, 5.74) is 3.39. The van der Waals surface area contributed by atoms with Gasteiger partial charge >= 0.3 is 0 Å². The highest BCUT2D eigenvalue weighted by Crippen LogP contribution is 2.27. The molecule has 1 atom stereocenters. The van der Waals surface area contributed by atoms with Crippen molar-refractivity contribution < 1.29 is 0 Å². The van der Waals surface area contributed by atoms with Crippen LogP contribution >= 0.6 is 0 Å². The lowest BCUT2D eigenvalue weighted by Gasteiger charge is -2.19. The maximum absolute atomic E-state index is 12.9. The SMILES string of the molecule is CCC1CC(=NC(C)(C)C)c2c(ccn(C)c2=O)CC1=Nc1cnccn1. The van der Waals surface area contributed by atoms with Gasteiger partial charge in [0.25, 0.3) is 5.56 Å². The van der Waals surface area contributed by atoms with Crippen molar-refractivity contribution in [2.45, 2.75) is 52.5 Å². The van der Waals surface area contributed by atoms with Gasteiger partial charge in [0.15, 0.2) is 5.82 Å². The fourth-order valence-corrected chi connectivity index (χ4v) is 3.43. The molecule has 1 aliphatic carbocycles. The third kappa shape index (κ3) is 4.38. The number of fused-ring (bicyclic) bond motifs is 1. The fourth-order valence-electron chi connectivity index (χ4n) is 3.43. The van der Waals surface area contributed by atoms with E-state index >= 15 is 0 Å². The van der Waals surface area contributed by atoms with Gasteiger partial charge in [0, 0.05) is 49.4 Å². The second-order valence-electron chi connectivity index (χ2n) is 8.01. The zero-order valence-electron chi connectivity index (χ0n) is 16.7. The van der Waals surface area contributed by atoms with Gasteiger partial charge in [0.1, 0.15) is 0 Å². The van der Waals surface area contributed by atoms with Gasteiger partial charge < -0.3 is 4.57 Å². The van der Waals surface area contributed by atoms with E-state index in [1.54, 1.807) is 30.2 Å². The van der Waals surface area contributed by atoms with E-state index in [9.17, 15) is 4.79 Å². The van der Waals surface area contributed by atoms with Crippen LogP contribution in [0.5, 0.6) is 0 Å². The predicted octanol–water partition coefficient (Wildman–Crippen LogP) is 3.51. The van der Waals surface area contributed by atoms with Crippen LogP contribution < -0.4 is 5.56 Å². The van der Waals surface area contributed by atoms with E-state index < -0.39 is 0 Å². The van der Waals surface area contributed by atoms with E-state index in [4.69, 9.17) is 9.98 Å². The number of aromatic nitrogens is 3. The van der Waals surface area contributed by atoms with Gasteiger partial charge in [-0.15, -0.1) is 0 Å². The van der Waals surface area contributed by atoms with Crippen LogP contribution in [0.25, 0.3) is 0 Å². The summed E-state index contributed by atoms with van der Waals surface area (Å²) in [6.07, 6.45) is 9.04. The molecule has 0 fully saturated rings. The first-order valence-electron chi connectivity index (χ1n) is 9.39. The monoisotopic (exact) mass is 365 g/mol. The minimum absolute atomic E-state index is 0.00565. The third-order valence-electron chi connectivity index (χ3n) is 4.70. The molecule has 0 radical (unpaired) electrons. The van der Waals surface area contributed by atoms with E-state index in [0.29, 0.717) is 18.7 Å². The summed E-state index contributed by atoms with van der Waals surface area (Å²) >= 11 is 0. The van der Waals surface area contributed by atoms with Gasteiger partial charge in [-0.05, 0) is 45.2 Å². The van der Waals surface area contributed by atoms with Crippen LogP contribution in [-0.2, 0) is 13.5 Å². The van der Waals surface area contributed by atoms with Crippen molar-refractivity contribution in [3.63, 3.8) is 0 Å². The van der Waals surface area contributed by atoms with Crippen LogP contribution in [0.15, 0.2) is 45.6 Å². The molecule has 0 spiro atoms. The quantitative estimate of drug-likeness (QED) is 0.765. The molecule has 2 heterocycles. The number of hydrogen-bond acceptors (Lipinski definition) is 5. The molecule has 0 saturated carbocycles. The predicted molar refractivity (Wildman–Crippen MR) is 109 cm³/mol. The summed E-state index contributed by atoms with van der Waals surface area (Å²) in [5, 5.41) is 0. The van der Waals surface area contributed by atoms with Crippen LogP contribution in [0.4, 0.5) is 5.82 Å². The molecule has 142 valence electrons. The Morgan fingerprint density at radius 2 is 2.07 bits per heavy atom. The van der Waals surface area contributed by atoms with Crippen molar-refractivity contribution in [3.05, 3.63) is 52.3 Å². The largest absolute Gasteiger partial charge is 0.318 e. The normalized spacial score (nSPS) is 20.6. The molecular formula is C21H27N5O. The molecule has 1 aliphatic rings. The van der Waals surface area contributed by atoms with Gasteiger partial charge in [-0.2, -0.15) is 0 Å². The van der Waals surface area contributed by atoms with Gasteiger partial charge in [-0.1, -0.05) is 6.92 Å². The summed E-state index contributed by atoms with van der Waals surface area (Å²) in [5.74, 6) is 0.817. The molecule has 27 heavy (non-hydrogen) atoms. The van der Waals surface area contributed by atoms with Gasteiger partial charge in [0.2, 0.25) is 0 Å². The topological polar surface area (TPSA) is 72.5 Å². The van der Waals surface area contributed by atoms with E-state index in [0.717, 1.165) is 29.0 Å². The molecule has 0 aliphatic heterocycles. The zero-order chi connectivity index (χ0) is 19.6. The van der Waals surface area contributed by atoms with Crippen molar-refractivity contribution in [1.29, 1.82) is 0 Å². The molecule has 2 aromatic rings. The van der Waals surface area contributed by atoms with Gasteiger partial charge in [-0.3, -0.25) is 14.8 Å². The number of nitrogens with zero attached hydrogens (tertiary/aromatic N) is 5. The Labute approximate surface area is 160 Å². The molecule has 1 unspecified atom stereocenters. The van der Waals surface area contributed by atoms with Crippen LogP contribution in [0.1, 0.15) is 51.7 Å². The van der Waals surface area contributed by atoms with Crippen molar-refractivity contribution in [3.8, 4) is 0 Å². The minimum atomic E-state index is -0.252. The lowest BCUT2D eigenvalue weighted by molar-refractivity contribution is 0.577. The minimum Gasteiger partial charge on any atom is -0.318 e. The Bertz CT molecular complexity index is 935. The number of rotatable bonds is 2. The van der Waals surface area contributed by atoms with Gasteiger partial charge in [0.05, 0.1) is 17.3 Å². The van der Waals surface area contributed by atoms with Crippen molar-refractivity contribution >= 4 is 17.2 Å².